The van der Waals surface area contributed by atoms with Gasteiger partial charge >= 0.3 is 6.18 Å². The number of halogens is 5. The minimum absolute atomic E-state index is 0.149. The molecular weight excluding hydrogens is 274 g/mol. The molecule has 1 aromatic heterocycles. The van der Waals surface area contributed by atoms with E-state index < -0.39 is 28.7 Å². The molecule has 0 fully saturated rings. The lowest BCUT2D eigenvalue weighted by atomic mass is 10.1. The predicted molar refractivity (Wildman–Crippen MR) is 59.3 cm³/mol. The molecule has 0 saturated heterocycles. The van der Waals surface area contributed by atoms with Crippen molar-refractivity contribution in [3.05, 3.63) is 44.5 Å². The maximum absolute atomic E-state index is 13.1. The first-order valence-electron chi connectivity index (χ1n) is 4.80. The van der Waals surface area contributed by atoms with Gasteiger partial charge in [-0.25, -0.2) is 4.39 Å². The van der Waals surface area contributed by atoms with Gasteiger partial charge in [-0.2, -0.15) is 13.2 Å². The molecule has 2 rings (SSSR count). The van der Waals surface area contributed by atoms with Crippen LogP contribution in [0.4, 0.5) is 17.6 Å². The van der Waals surface area contributed by atoms with E-state index in [1.54, 1.807) is 0 Å². The van der Waals surface area contributed by atoms with Crippen LogP contribution >= 0.6 is 11.6 Å². The van der Waals surface area contributed by atoms with Gasteiger partial charge in [-0.3, -0.25) is 4.79 Å². The van der Waals surface area contributed by atoms with Crippen LogP contribution in [0.15, 0.2) is 16.9 Å². The molecule has 0 atom stereocenters. The molecule has 1 N–H and O–H groups in total. The Labute approximate surface area is 103 Å². The quantitative estimate of drug-likeness (QED) is 0.734. The summed E-state index contributed by atoms with van der Waals surface area (Å²) < 4.78 is 51.1. The van der Waals surface area contributed by atoms with Crippen LogP contribution in [-0.2, 0) is 6.18 Å². The molecule has 2 aromatic rings. The third-order valence-electron chi connectivity index (χ3n) is 2.54. The van der Waals surface area contributed by atoms with Crippen molar-refractivity contribution in [3.63, 3.8) is 0 Å². The zero-order valence-electron chi connectivity index (χ0n) is 8.95. The largest absolute Gasteiger partial charge is 0.431 e. The first-order valence-corrected chi connectivity index (χ1v) is 5.18. The number of H-pyrrole nitrogens is 1. The van der Waals surface area contributed by atoms with Crippen molar-refractivity contribution in [3.8, 4) is 0 Å². The van der Waals surface area contributed by atoms with E-state index in [-0.39, 0.29) is 15.9 Å². The highest BCUT2D eigenvalue weighted by atomic mass is 35.5. The fraction of sp³-hybridized carbons (Fsp3) is 0.182. The number of rotatable bonds is 0. The fourth-order valence-electron chi connectivity index (χ4n) is 1.72. The molecule has 0 bridgehead atoms. The summed E-state index contributed by atoms with van der Waals surface area (Å²) in [6.45, 7) is 1.04. The summed E-state index contributed by atoms with van der Waals surface area (Å²) in [6, 6.07) is 1.68. The Morgan fingerprint density at radius 2 is 1.89 bits per heavy atom. The number of hydrogen-bond donors (Lipinski definition) is 1. The van der Waals surface area contributed by atoms with Gasteiger partial charge < -0.3 is 4.98 Å². The summed E-state index contributed by atoms with van der Waals surface area (Å²) >= 11 is 5.66. The number of pyridine rings is 1. The maximum atomic E-state index is 13.1. The second kappa shape index (κ2) is 3.98. The van der Waals surface area contributed by atoms with Gasteiger partial charge in [0.1, 0.15) is 11.5 Å². The molecule has 1 aromatic carbocycles. The zero-order chi connectivity index (χ0) is 13.7. The zero-order valence-corrected chi connectivity index (χ0v) is 9.71. The normalized spacial score (nSPS) is 12.1. The second-order valence-corrected chi connectivity index (χ2v) is 4.17. The third kappa shape index (κ3) is 1.96. The SMILES string of the molecule is Cc1c(C(F)(F)F)[nH]c2cc(F)cc(Cl)c2c1=O. The fourth-order valence-corrected chi connectivity index (χ4v) is 2.01. The van der Waals surface area contributed by atoms with Gasteiger partial charge in [0.2, 0.25) is 0 Å². The number of aromatic nitrogens is 1. The number of fused-ring (bicyclic) bond motifs is 1. The van der Waals surface area contributed by atoms with Crippen molar-refractivity contribution in [1.82, 2.24) is 4.98 Å². The van der Waals surface area contributed by atoms with Gasteiger partial charge in [-0.1, -0.05) is 11.6 Å². The number of nitrogens with one attached hydrogen (secondary N) is 1. The van der Waals surface area contributed by atoms with Crippen molar-refractivity contribution in [1.29, 1.82) is 0 Å². The molecule has 0 spiro atoms. The first-order chi connectivity index (χ1) is 8.21. The molecule has 0 saturated carbocycles. The number of hydrogen-bond acceptors (Lipinski definition) is 1. The molecule has 0 unspecified atom stereocenters. The van der Waals surface area contributed by atoms with Gasteiger partial charge in [-0.05, 0) is 19.1 Å². The Morgan fingerprint density at radius 1 is 1.28 bits per heavy atom. The third-order valence-corrected chi connectivity index (χ3v) is 2.84. The Hall–Kier alpha value is -1.56. The molecule has 0 radical (unpaired) electrons. The summed E-state index contributed by atoms with van der Waals surface area (Å²) in [5, 5.41) is -0.369. The molecule has 7 heteroatoms. The van der Waals surface area contributed by atoms with E-state index >= 15 is 0 Å². The monoisotopic (exact) mass is 279 g/mol. The van der Waals surface area contributed by atoms with E-state index in [9.17, 15) is 22.4 Å². The van der Waals surface area contributed by atoms with E-state index in [2.05, 4.69) is 0 Å². The molecule has 0 aliphatic heterocycles. The molecule has 18 heavy (non-hydrogen) atoms. The highest BCUT2D eigenvalue weighted by Gasteiger charge is 2.35. The van der Waals surface area contributed by atoms with Crippen LogP contribution < -0.4 is 5.43 Å². The number of benzene rings is 1. The first kappa shape index (κ1) is 12.9. The van der Waals surface area contributed by atoms with Crippen LogP contribution in [0, 0.1) is 12.7 Å². The van der Waals surface area contributed by atoms with Crippen LogP contribution in [0.25, 0.3) is 10.9 Å². The maximum Gasteiger partial charge on any atom is 0.431 e. The highest BCUT2D eigenvalue weighted by molar-refractivity contribution is 6.35. The van der Waals surface area contributed by atoms with Crippen LogP contribution in [0.5, 0.6) is 0 Å². The Morgan fingerprint density at radius 3 is 2.44 bits per heavy atom. The number of alkyl halides is 3. The van der Waals surface area contributed by atoms with Crippen LogP contribution in [0.1, 0.15) is 11.3 Å². The lowest BCUT2D eigenvalue weighted by Crippen LogP contribution is -2.19. The van der Waals surface area contributed by atoms with Gasteiger partial charge in [0.25, 0.3) is 0 Å². The minimum Gasteiger partial charge on any atom is -0.350 e. The Bertz CT molecular complexity index is 690. The standard InChI is InChI=1S/C11H6ClF4NO/c1-4-9(18)8-6(12)2-5(13)3-7(8)17-10(4)11(14,15)16/h2-3H,1H3,(H,17,18). The molecule has 0 aliphatic rings. The molecule has 0 aliphatic carbocycles. The van der Waals surface area contributed by atoms with Gasteiger partial charge in [-0.15, -0.1) is 0 Å². The van der Waals surface area contributed by atoms with Crippen molar-refractivity contribution in [2.24, 2.45) is 0 Å². The average Bonchev–Trinajstić information content (AvgIpc) is 2.20. The smallest absolute Gasteiger partial charge is 0.350 e. The van der Waals surface area contributed by atoms with E-state index in [0.29, 0.717) is 0 Å². The lowest BCUT2D eigenvalue weighted by Gasteiger charge is -2.12. The lowest BCUT2D eigenvalue weighted by molar-refractivity contribution is -0.141. The van der Waals surface area contributed by atoms with Crippen LogP contribution in [0.2, 0.25) is 5.02 Å². The van der Waals surface area contributed by atoms with Crippen molar-refractivity contribution < 1.29 is 17.6 Å². The summed E-state index contributed by atoms with van der Waals surface area (Å²) in [5.41, 5.74) is -2.82. The van der Waals surface area contributed by atoms with Gasteiger partial charge in [0.05, 0.1) is 15.9 Å². The predicted octanol–water partition coefficient (Wildman–Crippen LogP) is 3.65. The molecule has 96 valence electrons. The van der Waals surface area contributed by atoms with Gasteiger partial charge in [0, 0.05) is 5.56 Å². The van der Waals surface area contributed by atoms with Crippen molar-refractivity contribution >= 4 is 22.5 Å². The summed E-state index contributed by atoms with van der Waals surface area (Å²) in [6.07, 6.45) is -4.71. The Balaban J connectivity index is 2.98. The van der Waals surface area contributed by atoms with Crippen LogP contribution in [0.3, 0.4) is 0 Å². The van der Waals surface area contributed by atoms with E-state index in [0.717, 1.165) is 19.1 Å². The van der Waals surface area contributed by atoms with Gasteiger partial charge in [0.15, 0.2) is 5.43 Å². The summed E-state index contributed by atoms with van der Waals surface area (Å²) in [4.78, 5) is 13.8. The topological polar surface area (TPSA) is 32.9 Å². The van der Waals surface area contributed by atoms with E-state index in [1.807, 2.05) is 4.98 Å². The highest BCUT2D eigenvalue weighted by Crippen LogP contribution is 2.31. The summed E-state index contributed by atoms with van der Waals surface area (Å²) in [7, 11) is 0. The Kier molecular flexibility index (Phi) is 2.85. The van der Waals surface area contributed by atoms with Crippen molar-refractivity contribution in [2.45, 2.75) is 13.1 Å². The van der Waals surface area contributed by atoms with Crippen molar-refractivity contribution in [2.75, 3.05) is 0 Å². The minimum atomic E-state index is -4.71. The molecule has 2 nitrogen and oxygen atoms in total. The van der Waals surface area contributed by atoms with E-state index in [1.165, 1.54) is 0 Å². The number of aromatic amines is 1. The molecular formula is C11H6ClF4NO. The average molecular weight is 280 g/mol. The van der Waals surface area contributed by atoms with E-state index in [4.69, 9.17) is 11.6 Å². The second-order valence-electron chi connectivity index (χ2n) is 3.76. The van der Waals surface area contributed by atoms with Crippen LogP contribution in [-0.4, -0.2) is 4.98 Å². The summed E-state index contributed by atoms with van der Waals surface area (Å²) in [5.74, 6) is -0.819. The molecule has 1 heterocycles. The molecule has 0 amide bonds.